The lowest BCUT2D eigenvalue weighted by Crippen LogP contribution is -2.38. The Balaban J connectivity index is 2.27. The first-order valence-electron chi connectivity index (χ1n) is 5.92. The fraction of sp³-hybridized carbons (Fsp3) is 0.750. The van der Waals surface area contributed by atoms with Crippen molar-refractivity contribution in [1.29, 1.82) is 0 Å². The predicted octanol–water partition coefficient (Wildman–Crippen LogP) is 1.92. The molecule has 1 aromatic rings. The SMILES string of the molecule is CCc1nc(C2(C)CCNCC2)[nH]c1C. The zero-order valence-electron chi connectivity index (χ0n) is 9.98. The first-order chi connectivity index (χ1) is 7.15. The zero-order chi connectivity index (χ0) is 10.9. The summed E-state index contributed by atoms with van der Waals surface area (Å²) in [6.07, 6.45) is 3.39. The van der Waals surface area contributed by atoms with Gasteiger partial charge in [0.15, 0.2) is 0 Å². The molecular formula is C12H21N3. The molecule has 1 aliphatic rings. The largest absolute Gasteiger partial charge is 0.345 e. The van der Waals surface area contributed by atoms with Gasteiger partial charge in [0.1, 0.15) is 5.82 Å². The van der Waals surface area contributed by atoms with Gasteiger partial charge in [0.2, 0.25) is 0 Å². The molecule has 1 aromatic heterocycles. The van der Waals surface area contributed by atoms with E-state index >= 15 is 0 Å². The first kappa shape index (κ1) is 10.7. The van der Waals surface area contributed by atoms with E-state index in [1.807, 2.05) is 0 Å². The van der Waals surface area contributed by atoms with Crippen LogP contribution in [0, 0.1) is 6.92 Å². The van der Waals surface area contributed by atoms with Crippen LogP contribution in [0.3, 0.4) is 0 Å². The Hall–Kier alpha value is -0.830. The summed E-state index contributed by atoms with van der Waals surface area (Å²) in [5.41, 5.74) is 2.72. The maximum atomic E-state index is 4.74. The van der Waals surface area contributed by atoms with Crippen molar-refractivity contribution in [3.05, 3.63) is 17.2 Å². The van der Waals surface area contributed by atoms with Crippen LogP contribution in [0.4, 0.5) is 0 Å². The molecule has 3 heteroatoms. The van der Waals surface area contributed by atoms with Crippen LogP contribution >= 0.6 is 0 Å². The summed E-state index contributed by atoms with van der Waals surface area (Å²) in [4.78, 5) is 8.21. The summed E-state index contributed by atoms with van der Waals surface area (Å²) in [7, 11) is 0. The Morgan fingerprint density at radius 3 is 2.53 bits per heavy atom. The number of rotatable bonds is 2. The van der Waals surface area contributed by atoms with Gasteiger partial charge in [0.05, 0.1) is 5.69 Å². The average Bonchev–Trinajstić information content (AvgIpc) is 2.61. The number of aromatic amines is 1. The normalized spacial score (nSPS) is 20.5. The minimum absolute atomic E-state index is 0.253. The van der Waals surface area contributed by atoms with E-state index in [9.17, 15) is 0 Å². The van der Waals surface area contributed by atoms with Crippen LogP contribution in [0.5, 0.6) is 0 Å². The lowest BCUT2D eigenvalue weighted by molar-refractivity contribution is 0.320. The summed E-state index contributed by atoms with van der Waals surface area (Å²) >= 11 is 0. The maximum absolute atomic E-state index is 4.74. The van der Waals surface area contributed by atoms with Crippen LogP contribution in [-0.4, -0.2) is 23.1 Å². The van der Waals surface area contributed by atoms with Gasteiger partial charge in [-0.3, -0.25) is 0 Å². The molecule has 0 saturated carbocycles. The van der Waals surface area contributed by atoms with E-state index in [-0.39, 0.29) is 5.41 Å². The standard InChI is InChI=1S/C12H21N3/c1-4-10-9(2)14-11(15-10)12(3)5-7-13-8-6-12/h13H,4-8H2,1-3H3,(H,14,15). The highest BCUT2D eigenvalue weighted by atomic mass is 15.0. The topological polar surface area (TPSA) is 40.7 Å². The molecule has 84 valence electrons. The van der Waals surface area contributed by atoms with Crippen LogP contribution in [0.15, 0.2) is 0 Å². The van der Waals surface area contributed by atoms with Crippen molar-refractivity contribution in [2.24, 2.45) is 0 Å². The third-order valence-electron chi connectivity index (χ3n) is 3.60. The van der Waals surface area contributed by atoms with Gasteiger partial charge in [0, 0.05) is 11.1 Å². The Bertz CT molecular complexity index is 335. The highest BCUT2D eigenvalue weighted by Crippen LogP contribution is 2.31. The Morgan fingerprint density at radius 2 is 2.00 bits per heavy atom. The van der Waals surface area contributed by atoms with Gasteiger partial charge >= 0.3 is 0 Å². The van der Waals surface area contributed by atoms with E-state index < -0.39 is 0 Å². The number of piperidine rings is 1. The summed E-state index contributed by atoms with van der Waals surface area (Å²) in [5, 5.41) is 3.40. The van der Waals surface area contributed by atoms with E-state index in [2.05, 4.69) is 31.1 Å². The third-order valence-corrected chi connectivity index (χ3v) is 3.60. The lowest BCUT2D eigenvalue weighted by atomic mass is 9.80. The summed E-state index contributed by atoms with van der Waals surface area (Å²) in [5.74, 6) is 1.19. The number of aryl methyl sites for hydroxylation is 2. The molecule has 2 heterocycles. The molecule has 0 amide bonds. The van der Waals surface area contributed by atoms with Crippen molar-refractivity contribution in [3.63, 3.8) is 0 Å². The fourth-order valence-electron chi connectivity index (χ4n) is 2.34. The molecule has 2 N–H and O–H groups in total. The molecule has 15 heavy (non-hydrogen) atoms. The predicted molar refractivity (Wildman–Crippen MR) is 62.2 cm³/mol. The number of hydrogen-bond donors (Lipinski definition) is 2. The van der Waals surface area contributed by atoms with Gasteiger partial charge in [-0.15, -0.1) is 0 Å². The third kappa shape index (κ3) is 1.93. The van der Waals surface area contributed by atoms with Crippen molar-refractivity contribution in [1.82, 2.24) is 15.3 Å². The second-order valence-corrected chi connectivity index (χ2v) is 4.82. The summed E-state index contributed by atoms with van der Waals surface area (Å²) < 4.78 is 0. The monoisotopic (exact) mass is 207 g/mol. The summed E-state index contributed by atoms with van der Waals surface area (Å²) in [6.45, 7) is 8.83. The molecule has 1 saturated heterocycles. The first-order valence-corrected chi connectivity index (χ1v) is 5.92. The molecule has 1 fully saturated rings. The van der Waals surface area contributed by atoms with E-state index in [1.54, 1.807) is 0 Å². The number of nitrogens with one attached hydrogen (secondary N) is 2. The highest BCUT2D eigenvalue weighted by molar-refractivity contribution is 5.19. The minimum atomic E-state index is 0.253. The number of hydrogen-bond acceptors (Lipinski definition) is 2. The molecule has 0 aromatic carbocycles. The maximum Gasteiger partial charge on any atom is 0.112 e. The lowest BCUT2D eigenvalue weighted by Gasteiger charge is -2.32. The molecule has 0 aliphatic carbocycles. The number of aromatic nitrogens is 2. The van der Waals surface area contributed by atoms with Crippen molar-refractivity contribution in [2.75, 3.05) is 13.1 Å². The Morgan fingerprint density at radius 1 is 1.33 bits per heavy atom. The van der Waals surface area contributed by atoms with Crippen molar-refractivity contribution < 1.29 is 0 Å². The number of H-pyrrole nitrogens is 1. The molecule has 3 nitrogen and oxygen atoms in total. The number of nitrogens with zero attached hydrogens (tertiary/aromatic N) is 1. The van der Waals surface area contributed by atoms with Crippen molar-refractivity contribution in [3.8, 4) is 0 Å². The van der Waals surface area contributed by atoms with Gasteiger partial charge in [-0.2, -0.15) is 0 Å². The highest BCUT2D eigenvalue weighted by Gasteiger charge is 2.31. The van der Waals surface area contributed by atoms with E-state index in [0.717, 1.165) is 19.5 Å². The number of imidazole rings is 1. The van der Waals surface area contributed by atoms with Gasteiger partial charge in [-0.05, 0) is 39.3 Å². The van der Waals surface area contributed by atoms with Crippen molar-refractivity contribution in [2.45, 2.75) is 45.4 Å². The second kappa shape index (κ2) is 3.97. The Kier molecular flexibility index (Phi) is 2.83. The molecule has 0 radical (unpaired) electrons. The smallest absolute Gasteiger partial charge is 0.112 e. The second-order valence-electron chi connectivity index (χ2n) is 4.82. The van der Waals surface area contributed by atoms with E-state index in [1.165, 1.54) is 30.1 Å². The molecule has 1 aliphatic heterocycles. The quantitative estimate of drug-likeness (QED) is 0.778. The van der Waals surface area contributed by atoms with Crippen LogP contribution < -0.4 is 5.32 Å². The Labute approximate surface area is 91.7 Å². The minimum Gasteiger partial charge on any atom is -0.345 e. The van der Waals surface area contributed by atoms with Gasteiger partial charge in [-0.25, -0.2) is 4.98 Å². The molecule has 0 spiro atoms. The van der Waals surface area contributed by atoms with Crippen LogP contribution in [-0.2, 0) is 11.8 Å². The fourth-order valence-corrected chi connectivity index (χ4v) is 2.34. The van der Waals surface area contributed by atoms with Crippen molar-refractivity contribution >= 4 is 0 Å². The molecule has 0 unspecified atom stereocenters. The molecule has 2 rings (SSSR count). The summed E-state index contributed by atoms with van der Waals surface area (Å²) in [6, 6.07) is 0. The average molecular weight is 207 g/mol. The van der Waals surface area contributed by atoms with Gasteiger partial charge < -0.3 is 10.3 Å². The van der Waals surface area contributed by atoms with Gasteiger partial charge in [-0.1, -0.05) is 13.8 Å². The molecule has 0 atom stereocenters. The van der Waals surface area contributed by atoms with Crippen LogP contribution in [0.25, 0.3) is 0 Å². The van der Waals surface area contributed by atoms with E-state index in [0.29, 0.717) is 0 Å². The molecule has 0 bridgehead atoms. The van der Waals surface area contributed by atoms with Crippen LogP contribution in [0.2, 0.25) is 0 Å². The molecular weight excluding hydrogens is 186 g/mol. The van der Waals surface area contributed by atoms with Gasteiger partial charge in [0.25, 0.3) is 0 Å². The zero-order valence-corrected chi connectivity index (χ0v) is 9.98. The van der Waals surface area contributed by atoms with Crippen LogP contribution in [0.1, 0.15) is 43.9 Å². The van der Waals surface area contributed by atoms with E-state index in [4.69, 9.17) is 4.98 Å².